The van der Waals surface area contributed by atoms with Gasteiger partial charge in [-0.1, -0.05) is 40.2 Å². The predicted octanol–water partition coefficient (Wildman–Crippen LogP) is 2.50. The molecule has 0 saturated heterocycles. The molecule has 1 amide bonds. The number of aromatic amines is 1. The molecular formula is C19H18BrN3O3. The number of benzene rings is 2. The second-order valence-electron chi connectivity index (χ2n) is 6.07. The first kappa shape index (κ1) is 18.1. The van der Waals surface area contributed by atoms with Crippen LogP contribution in [0.25, 0.3) is 10.8 Å². The second kappa shape index (κ2) is 7.70. The Hall–Kier alpha value is -2.67. The van der Waals surface area contributed by atoms with Crippen LogP contribution < -0.4 is 11.1 Å². The molecule has 1 heterocycles. The monoisotopic (exact) mass is 415 g/mol. The van der Waals surface area contributed by atoms with E-state index in [1.165, 1.54) is 4.68 Å². The van der Waals surface area contributed by atoms with Crippen LogP contribution >= 0.6 is 15.9 Å². The smallest absolute Gasteiger partial charge is 0.273 e. The van der Waals surface area contributed by atoms with Crippen molar-refractivity contribution in [1.29, 1.82) is 0 Å². The number of amides is 1. The lowest BCUT2D eigenvalue weighted by atomic mass is 10.2. The molecule has 0 aliphatic rings. The highest BCUT2D eigenvalue weighted by Gasteiger charge is 2.12. The number of halogens is 1. The van der Waals surface area contributed by atoms with Crippen LogP contribution in [0.1, 0.15) is 12.0 Å². The molecule has 0 atom stereocenters. The lowest BCUT2D eigenvalue weighted by Crippen LogP contribution is -2.33. The van der Waals surface area contributed by atoms with E-state index in [9.17, 15) is 14.4 Å². The van der Waals surface area contributed by atoms with Gasteiger partial charge in [-0.3, -0.25) is 19.5 Å². The van der Waals surface area contributed by atoms with Gasteiger partial charge in [0.05, 0.1) is 17.3 Å². The number of carbonyl (C=O) groups excluding carboxylic acids is 1. The minimum Gasteiger partial charge on any atom is -0.341 e. The Morgan fingerprint density at radius 2 is 1.73 bits per heavy atom. The Morgan fingerprint density at radius 1 is 1.08 bits per heavy atom. The molecule has 0 fully saturated rings. The summed E-state index contributed by atoms with van der Waals surface area (Å²) in [5.74, 6) is -0.103. The van der Waals surface area contributed by atoms with Gasteiger partial charge in [0.15, 0.2) is 0 Å². The van der Waals surface area contributed by atoms with E-state index in [4.69, 9.17) is 0 Å². The van der Waals surface area contributed by atoms with Crippen LogP contribution in [0, 0.1) is 0 Å². The minimum atomic E-state index is -0.337. The molecule has 1 aromatic heterocycles. The molecule has 0 saturated carbocycles. The standard InChI is InChI=1S/C19H18BrN3O3/c1-22(12-13-6-8-14(20)9-7-13)17(24)10-11-23-19(26)16-5-3-2-4-15(16)18(25)21-23/h2-9H,10-12H2,1H3,(H,21,25). The highest BCUT2D eigenvalue weighted by Crippen LogP contribution is 2.12. The van der Waals surface area contributed by atoms with Crippen LogP contribution in [0.2, 0.25) is 0 Å². The summed E-state index contributed by atoms with van der Waals surface area (Å²) in [4.78, 5) is 38.5. The lowest BCUT2D eigenvalue weighted by molar-refractivity contribution is -0.130. The number of hydrogen-bond acceptors (Lipinski definition) is 3. The number of aryl methyl sites for hydroxylation is 1. The third kappa shape index (κ3) is 3.94. The van der Waals surface area contributed by atoms with Gasteiger partial charge in [0.1, 0.15) is 0 Å². The molecule has 3 aromatic rings. The Labute approximate surface area is 158 Å². The lowest BCUT2D eigenvalue weighted by Gasteiger charge is -2.17. The van der Waals surface area contributed by atoms with Gasteiger partial charge in [0, 0.05) is 24.5 Å². The van der Waals surface area contributed by atoms with Crippen LogP contribution in [0.3, 0.4) is 0 Å². The van der Waals surface area contributed by atoms with Gasteiger partial charge < -0.3 is 4.90 Å². The van der Waals surface area contributed by atoms with E-state index in [1.54, 1.807) is 36.2 Å². The molecule has 0 aliphatic heterocycles. The van der Waals surface area contributed by atoms with Crippen LogP contribution in [-0.2, 0) is 17.9 Å². The van der Waals surface area contributed by atoms with Gasteiger partial charge in [-0.15, -0.1) is 0 Å². The Balaban J connectivity index is 1.70. The van der Waals surface area contributed by atoms with E-state index in [-0.39, 0.29) is 30.0 Å². The van der Waals surface area contributed by atoms with E-state index in [0.29, 0.717) is 17.3 Å². The maximum atomic E-state index is 12.4. The fourth-order valence-corrected chi connectivity index (χ4v) is 3.02. The Kier molecular flexibility index (Phi) is 5.37. The highest BCUT2D eigenvalue weighted by molar-refractivity contribution is 9.10. The van der Waals surface area contributed by atoms with Gasteiger partial charge in [-0.2, -0.15) is 0 Å². The largest absolute Gasteiger partial charge is 0.341 e. The second-order valence-corrected chi connectivity index (χ2v) is 6.99. The normalized spacial score (nSPS) is 10.8. The van der Waals surface area contributed by atoms with Crippen molar-refractivity contribution in [3.8, 4) is 0 Å². The number of nitrogens with zero attached hydrogens (tertiary/aromatic N) is 2. The van der Waals surface area contributed by atoms with Crippen LogP contribution in [0.5, 0.6) is 0 Å². The fraction of sp³-hybridized carbons (Fsp3) is 0.211. The maximum absolute atomic E-state index is 12.4. The average Bonchev–Trinajstić information content (AvgIpc) is 2.65. The van der Waals surface area contributed by atoms with Crippen molar-refractivity contribution in [2.45, 2.75) is 19.5 Å². The first-order chi connectivity index (χ1) is 12.5. The molecule has 2 aromatic carbocycles. The van der Waals surface area contributed by atoms with Gasteiger partial charge in [-0.25, -0.2) is 4.68 Å². The Morgan fingerprint density at radius 3 is 2.42 bits per heavy atom. The summed E-state index contributed by atoms with van der Waals surface area (Å²) in [6.07, 6.45) is 0.126. The summed E-state index contributed by atoms with van der Waals surface area (Å²) in [6.45, 7) is 0.609. The van der Waals surface area contributed by atoms with Crippen LogP contribution in [0.4, 0.5) is 0 Å². The van der Waals surface area contributed by atoms with Gasteiger partial charge in [-0.05, 0) is 29.8 Å². The molecule has 1 N–H and O–H groups in total. The van der Waals surface area contributed by atoms with Gasteiger partial charge >= 0.3 is 0 Å². The number of hydrogen-bond donors (Lipinski definition) is 1. The molecule has 0 radical (unpaired) electrons. The molecule has 0 unspecified atom stereocenters. The van der Waals surface area contributed by atoms with E-state index in [1.807, 2.05) is 24.3 Å². The van der Waals surface area contributed by atoms with Crippen molar-refractivity contribution in [3.63, 3.8) is 0 Å². The van der Waals surface area contributed by atoms with Crippen molar-refractivity contribution in [2.75, 3.05) is 7.05 Å². The van der Waals surface area contributed by atoms with Crippen molar-refractivity contribution >= 4 is 32.6 Å². The van der Waals surface area contributed by atoms with E-state index < -0.39 is 0 Å². The topological polar surface area (TPSA) is 75.2 Å². The molecule has 26 heavy (non-hydrogen) atoms. The summed E-state index contributed by atoms with van der Waals surface area (Å²) >= 11 is 3.38. The summed E-state index contributed by atoms with van der Waals surface area (Å²) in [5.41, 5.74) is 0.375. The predicted molar refractivity (Wildman–Crippen MR) is 104 cm³/mol. The van der Waals surface area contributed by atoms with Crippen LogP contribution in [-0.4, -0.2) is 27.6 Å². The van der Waals surface area contributed by atoms with Gasteiger partial charge in [0.25, 0.3) is 11.1 Å². The first-order valence-corrected chi connectivity index (χ1v) is 8.95. The van der Waals surface area contributed by atoms with E-state index >= 15 is 0 Å². The number of rotatable bonds is 5. The van der Waals surface area contributed by atoms with E-state index in [2.05, 4.69) is 21.0 Å². The maximum Gasteiger partial charge on any atom is 0.273 e. The summed E-state index contributed by atoms with van der Waals surface area (Å²) in [7, 11) is 1.72. The van der Waals surface area contributed by atoms with Gasteiger partial charge in [0.2, 0.25) is 5.91 Å². The number of nitrogens with one attached hydrogen (secondary N) is 1. The first-order valence-electron chi connectivity index (χ1n) is 8.16. The zero-order valence-corrected chi connectivity index (χ0v) is 15.8. The van der Waals surface area contributed by atoms with Crippen molar-refractivity contribution in [3.05, 3.63) is 79.3 Å². The number of H-pyrrole nitrogens is 1. The molecule has 3 rings (SSSR count). The molecule has 0 spiro atoms. The molecular weight excluding hydrogens is 398 g/mol. The number of aromatic nitrogens is 2. The highest BCUT2D eigenvalue weighted by atomic mass is 79.9. The SMILES string of the molecule is CN(Cc1ccc(Br)cc1)C(=O)CCn1[nH]c(=O)c2ccccc2c1=O. The van der Waals surface area contributed by atoms with E-state index in [0.717, 1.165) is 10.0 Å². The molecule has 134 valence electrons. The average molecular weight is 416 g/mol. The third-order valence-electron chi connectivity index (χ3n) is 4.19. The molecule has 0 bridgehead atoms. The quantitative estimate of drug-likeness (QED) is 0.695. The zero-order valence-electron chi connectivity index (χ0n) is 14.2. The zero-order chi connectivity index (χ0) is 18.7. The summed E-state index contributed by atoms with van der Waals surface area (Å²) < 4.78 is 2.19. The van der Waals surface area contributed by atoms with Crippen molar-refractivity contribution < 1.29 is 4.79 Å². The Bertz CT molecular complexity index is 1050. The fourth-order valence-electron chi connectivity index (χ4n) is 2.75. The summed E-state index contributed by atoms with van der Waals surface area (Å²) in [6, 6.07) is 14.4. The van der Waals surface area contributed by atoms with Crippen molar-refractivity contribution in [1.82, 2.24) is 14.7 Å². The molecule has 7 heteroatoms. The number of fused-ring (bicyclic) bond motifs is 1. The summed E-state index contributed by atoms with van der Waals surface area (Å²) in [5, 5.41) is 3.25. The van der Waals surface area contributed by atoms with Crippen LogP contribution in [0.15, 0.2) is 62.6 Å². The number of carbonyl (C=O) groups is 1. The third-order valence-corrected chi connectivity index (χ3v) is 4.72. The minimum absolute atomic E-state index is 0.103. The molecule has 6 nitrogen and oxygen atoms in total. The van der Waals surface area contributed by atoms with Crippen molar-refractivity contribution in [2.24, 2.45) is 0 Å². The molecule has 0 aliphatic carbocycles.